The van der Waals surface area contributed by atoms with E-state index in [1.165, 1.54) is 0 Å². The normalized spacial score (nSPS) is 15.0. The summed E-state index contributed by atoms with van der Waals surface area (Å²) in [6.45, 7) is 7.00. The molecule has 0 spiro atoms. The zero-order chi connectivity index (χ0) is 19.0. The molecule has 1 aromatic carbocycles. The lowest BCUT2D eigenvalue weighted by Gasteiger charge is -2.35. The molecule has 0 bridgehead atoms. The van der Waals surface area contributed by atoms with Crippen LogP contribution in [0, 0.1) is 0 Å². The largest absolute Gasteiger partial charge is 0.352 e. The topological polar surface area (TPSA) is 67.2 Å². The van der Waals surface area contributed by atoms with Crippen LogP contribution in [0.1, 0.15) is 35.9 Å². The molecule has 3 aromatic rings. The van der Waals surface area contributed by atoms with Crippen molar-refractivity contribution in [2.75, 3.05) is 31.1 Å². The molecule has 0 atom stereocenters. The summed E-state index contributed by atoms with van der Waals surface area (Å²) in [6, 6.07) is 9.94. The number of aromatic nitrogens is 4. The minimum absolute atomic E-state index is 0.0455. The Hall–Kier alpha value is -2.96. The van der Waals surface area contributed by atoms with E-state index >= 15 is 0 Å². The molecule has 1 amide bonds. The quantitative estimate of drug-likeness (QED) is 0.714. The van der Waals surface area contributed by atoms with E-state index in [2.05, 4.69) is 33.8 Å². The first-order valence-corrected chi connectivity index (χ1v) is 9.32. The molecule has 1 saturated heterocycles. The van der Waals surface area contributed by atoms with Crippen LogP contribution in [-0.4, -0.2) is 56.7 Å². The number of fused-ring (bicyclic) bond motifs is 1. The van der Waals surface area contributed by atoms with Crippen LogP contribution in [0.5, 0.6) is 0 Å². The fourth-order valence-corrected chi connectivity index (χ4v) is 3.50. The lowest BCUT2D eigenvalue weighted by Crippen LogP contribution is -2.49. The zero-order valence-electron chi connectivity index (χ0n) is 16.0. The first kappa shape index (κ1) is 17.5. The molecule has 2 aromatic heterocycles. The van der Waals surface area contributed by atoms with E-state index < -0.39 is 0 Å². The number of carbonyl (C=O) groups excluding carboxylic acids is 1. The highest BCUT2D eigenvalue weighted by Gasteiger charge is 2.26. The summed E-state index contributed by atoms with van der Waals surface area (Å²) in [5.74, 6) is 1.29. The maximum absolute atomic E-state index is 12.9. The van der Waals surface area contributed by atoms with E-state index in [1.54, 1.807) is 11.0 Å². The number of carbonyl (C=O) groups is 1. The Balaban J connectivity index is 1.49. The fourth-order valence-electron chi connectivity index (χ4n) is 3.50. The minimum atomic E-state index is 0.0455. The number of aryl methyl sites for hydroxylation is 1. The second-order valence-corrected chi connectivity index (χ2v) is 7.23. The summed E-state index contributed by atoms with van der Waals surface area (Å²) in [5, 5.41) is 5.51. The zero-order valence-corrected chi connectivity index (χ0v) is 16.0. The second-order valence-electron chi connectivity index (χ2n) is 7.23. The summed E-state index contributed by atoms with van der Waals surface area (Å²) in [5.41, 5.74) is 2.55. The van der Waals surface area contributed by atoms with Gasteiger partial charge in [-0.15, -0.1) is 0 Å². The van der Waals surface area contributed by atoms with E-state index in [-0.39, 0.29) is 5.91 Å². The third-order valence-electron chi connectivity index (χ3n) is 5.10. The van der Waals surface area contributed by atoms with Crippen molar-refractivity contribution < 1.29 is 4.79 Å². The number of para-hydroxylation sites is 1. The van der Waals surface area contributed by atoms with Gasteiger partial charge < -0.3 is 9.80 Å². The smallest absolute Gasteiger partial charge is 0.272 e. The van der Waals surface area contributed by atoms with Crippen LogP contribution in [0.4, 0.5) is 5.82 Å². The molecule has 0 unspecified atom stereocenters. The molecule has 1 aliphatic rings. The highest BCUT2D eigenvalue weighted by molar-refractivity contribution is 5.93. The van der Waals surface area contributed by atoms with Crippen molar-refractivity contribution in [1.82, 2.24) is 24.6 Å². The predicted molar refractivity (Wildman–Crippen MR) is 105 cm³/mol. The van der Waals surface area contributed by atoms with Crippen LogP contribution in [0.3, 0.4) is 0 Å². The summed E-state index contributed by atoms with van der Waals surface area (Å²) in [6.07, 6.45) is 1.61. The second kappa shape index (κ2) is 6.98. The average Bonchev–Trinajstić information content (AvgIpc) is 3.09. The highest BCUT2D eigenvalue weighted by atomic mass is 16.2. The Morgan fingerprint density at radius 1 is 1.07 bits per heavy atom. The highest BCUT2D eigenvalue weighted by Crippen LogP contribution is 2.24. The molecule has 4 rings (SSSR count). The Bertz CT molecular complexity index is 966. The molecular weight excluding hydrogens is 340 g/mol. The summed E-state index contributed by atoms with van der Waals surface area (Å²) in [7, 11) is 1.84. The van der Waals surface area contributed by atoms with E-state index in [9.17, 15) is 4.79 Å². The first-order chi connectivity index (χ1) is 13.0. The number of anilines is 1. The maximum atomic E-state index is 12.9. The van der Waals surface area contributed by atoms with Crippen molar-refractivity contribution in [3.8, 4) is 0 Å². The summed E-state index contributed by atoms with van der Waals surface area (Å²) >= 11 is 0. The average molecular weight is 364 g/mol. The van der Waals surface area contributed by atoms with E-state index in [4.69, 9.17) is 0 Å². The Morgan fingerprint density at radius 3 is 2.52 bits per heavy atom. The van der Waals surface area contributed by atoms with Gasteiger partial charge in [0.25, 0.3) is 5.91 Å². The lowest BCUT2D eigenvalue weighted by atomic mass is 10.1. The van der Waals surface area contributed by atoms with Gasteiger partial charge in [0.05, 0.1) is 11.2 Å². The number of rotatable bonds is 3. The monoisotopic (exact) mass is 364 g/mol. The molecule has 0 N–H and O–H groups in total. The van der Waals surface area contributed by atoms with Crippen molar-refractivity contribution in [3.05, 3.63) is 48.0 Å². The van der Waals surface area contributed by atoms with Crippen molar-refractivity contribution in [2.24, 2.45) is 7.05 Å². The fraction of sp³-hybridized carbons (Fsp3) is 0.400. The molecule has 1 aliphatic heterocycles. The lowest BCUT2D eigenvalue weighted by molar-refractivity contribution is 0.0735. The molecule has 140 valence electrons. The number of benzene rings is 1. The predicted octanol–water partition coefficient (Wildman–Crippen LogP) is 2.45. The van der Waals surface area contributed by atoms with Crippen LogP contribution in [0.2, 0.25) is 0 Å². The molecule has 0 saturated carbocycles. The van der Waals surface area contributed by atoms with Crippen LogP contribution >= 0.6 is 0 Å². The number of hydrogen-bond acceptors (Lipinski definition) is 5. The Kier molecular flexibility index (Phi) is 4.51. The summed E-state index contributed by atoms with van der Waals surface area (Å²) in [4.78, 5) is 25.9. The van der Waals surface area contributed by atoms with Gasteiger partial charge in [-0.3, -0.25) is 9.48 Å². The molecule has 27 heavy (non-hydrogen) atoms. The van der Waals surface area contributed by atoms with Crippen LogP contribution in [-0.2, 0) is 7.05 Å². The molecule has 7 heteroatoms. The standard InChI is InChI=1S/C20H24N6O/c1-14(2)17-12-18(24(3)23-17)20(27)26-10-8-25(9-11-26)19-15-6-4-5-7-16(15)21-13-22-19/h4-7,12-14H,8-11H2,1-3H3. The SMILES string of the molecule is CC(C)c1cc(C(=O)N2CCN(c3ncnc4ccccc34)CC2)n(C)n1. The molecule has 7 nitrogen and oxygen atoms in total. The summed E-state index contributed by atoms with van der Waals surface area (Å²) < 4.78 is 1.70. The Morgan fingerprint density at radius 2 is 1.81 bits per heavy atom. The third kappa shape index (κ3) is 3.25. The molecule has 1 fully saturated rings. The van der Waals surface area contributed by atoms with Crippen LogP contribution in [0.25, 0.3) is 10.9 Å². The number of piperazine rings is 1. The van der Waals surface area contributed by atoms with Gasteiger partial charge in [0.2, 0.25) is 0 Å². The first-order valence-electron chi connectivity index (χ1n) is 9.32. The minimum Gasteiger partial charge on any atom is -0.352 e. The van der Waals surface area contributed by atoms with Gasteiger partial charge in [-0.05, 0) is 24.1 Å². The molecular formula is C20H24N6O. The van der Waals surface area contributed by atoms with Crippen molar-refractivity contribution >= 4 is 22.6 Å². The van der Waals surface area contributed by atoms with Crippen LogP contribution in [0.15, 0.2) is 36.7 Å². The molecule has 3 heterocycles. The maximum Gasteiger partial charge on any atom is 0.272 e. The number of nitrogens with zero attached hydrogens (tertiary/aromatic N) is 6. The van der Waals surface area contributed by atoms with Gasteiger partial charge in [0, 0.05) is 38.6 Å². The van der Waals surface area contributed by atoms with Gasteiger partial charge in [0.1, 0.15) is 17.8 Å². The molecule has 0 radical (unpaired) electrons. The van der Waals surface area contributed by atoms with Gasteiger partial charge in [-0.25, -0.2) is 9.97 Å². The van der Waals surface area contributed by atoms with Crippen molar-refractivity contribution in [2.45, 2.75) is 19.8 Å². The van der Waals surface area contributed by atoms with Crippen molar-refractivity contribution in [3.63, 3.8) is 0 Å². The van der Waals surface area contributed by atoms with E-state index in [0.29, 0.717) is 24.7 Å². The third-order valence-corrected chi connectivity index (χ3v) is 5.10. The molecule has 0 aliphatic carbocycles. The van der Waals surface area contributed by atoms with Crippen molar-refractivity contribution in [1.29, 1.82) is 0 Å². The van der Waals surface area contributed by atoms with Gasteiger partial charge in [-0.1, -0.05) is 26.0 Å². The number of amides is 1. The van der Waals surface area contributed by atoms with Gasteiger partial charge in [-0.2, -0.15) is 5.10 Å². The Labute approximate surface area is 158 Å². The van der Waals surface area contributed by atoms with Crippen LogP contribution < -0.4 is 4.90 Å². The van der Waals surface area contributed by atoms with Gasteiger partial charge >= 0.3 is 0 Å². The number of hydrogen-bond donors (Lipinski definition) is 0. The van der Waals surface area contributed by atoms with E-state index in [0.717, 1.165) is 35.5 Å². The van der Waals surface area contributed by atoms with E-state index in [1.807, 2.05) is 42.3 Å². The van der Waals surface area contributed by atoms with Gasteiger partial charge in [0.15, 0.2) is 0 Å².